The van der Waals surface area contributed by atoms with Crippen LogP contribution in [0.25, 0.3) is 5.65 Å². The van der Waals surface area contributed by atoms with Crippen LogP contribution in [0.3, 0.4) is 0 Å². The maximum atomic E-state index is 10.7. The van der Waals surface area contributed by atoms with Crippen molar-refractivity contribution in [3.63, 3.8) is 0 Å². The Morgan fingerprint density at radius 3 is 3.07 bits per heavy atom. The van der Waals surface area contributed by atoms with Crippen molar-refractivity contribution >= 4 is 11.6 Å². The number of fused-ring (bicyclic) bond motifs is 1. The molecule has 2 aromatic rings. The van der Waals surface area contributed by atoms with Gasteiger partial charge in [0.05, 0.1) is 6.20 Å². The molecule has 0 aliphatic carbocycles. The van der Waals surface area contributed by atoms with Gasteiger partial charge in [0.1, 0.15) is 17.3 Å². The molecule has 0 aliphatic rings. The molecule has 2 heterocycles. The van der Waals surface area contributed by atoms with Gasteiger partial charge in [-0.15, -0.1) is 0 Å². The Morgan fingerprint density at radius 1 is 1.64 bits per heavy atom. The summed E-state index contributed by atoms with van der Waals surface area (Å²) in [6, 6.07) is 3.29. The third-order valence-corrected chi connectivity index (χ3v) is 1.71. The molecular weight excluding hydrogens is 184 g/mol. The van der Waals surface area contributed by atoms with Crippen LogP contribution in [-0.4, -0.2) is 25.7 Å². The quantitative estimate of drug-likeness (QED) is 0.694. The molecular formula is C8H4N4O2. The summed E-state index contributed by atoms with van der Waals surface area (Å²) in [6.45, 7) is 0. The second-order valence-corrected chi connectivity index (χ2v) is 2.56. The SMILES string of the molecule is N#Cc1ccn2ncc(C(=O)O)c2n1. The van der Waals surface area contributed by atoms with E-state index in [0.29, 0.717) is 0 Å². The van der Waals surface area contributed by atoms with Crippen LogP contribution < -0.4 is 0 Å². The predicted octanol–water partition coefficient (Wildman–Crippen LogP) is 0.299. The van der Waals surface area contributed by atoms with Gasteiger partial charge in [-0.25, -0.2) is 14.3 Å². The van der Waals surface area contributed by atoms with Crippen molar-refractivity contribution in [3.05, 3.63) is 29.7 Å². The minimum absolute atomic E-state index is 0.0119. The lowest BCUT2D eigenvalue weighted by Gasteiger charge is -1.93. The molecule has 2 rings (SSSR count). The minimum atomic E-state index is -1.11. The molecule has 0 spiro atoms. The van der Waals surface area contributed by atoms with Gasteiger partial charge in [-0.3, -0.25) is 0 Å². The molecule has 14 heavy (non-hydrogen) atoms. The van der Waals surface area contributed by atoms with Crippen molar-refractivity contribution in [2.45, 2.75) is 0 Å². The first-order valence-corrected chi connectivity index (χ1v) is 3.70. The summed E-state index contributed by atoms with van der Waals surface area (Å²) in [6.07, 6.45) is 2.69. The maximum Gasteiger partial charge on any atom is 0.341 e. The first kappa shape index (κ1) is 8.19. The van der Waals surface area contributed by atoms with E-state index in [-0.39, 0.29) is 16.9 Å². The van der Waals surface area contributed by atoms with Crippen LogP contribution >= 0.6 is 0 Å². The summed E-state index contributed by atoms with van der Waals surface area (Å²) >= 11 is 0. The Hall–Kier alpha value is -2.42. The van der Waals surface area contributed by atoms with E-state index < -0.39 is 5.97 Å². The molecule has 0 saturated carbocycles. The summed E-state index contributed by atoms with van der Waals surface area (Å²) in [5.74, 6) is -1.11. The number of aromatic carboxylic acids is 1. The molecule has 0 amide bonds. The second kappa shape index (κ2) is 2.81. The monoisotopic (exact) mass is 188 g/mol. The molecule has 2 aromatic heterocycles. The van der Waals surface area contributed by atoms with E-state index in [0.717, 1.165) is 0 Å². The normalized spacial score (nSPS) is 9.93. The molecule has 68 valence electrons. The van der Waals surface area contributed by atoms with Gasteiger partial charge in [0.15, 0.2) is 5.65 Å². The van der Waals surface area contributed by atoms with Gasteiger partial charge in [0, 0.05) is 6.20 Å². The number of nitrogens with zero attached hydrogens (tertiary/aromatic N) is 4. The van der Waals surface area contributed by atoms with E-state index in [1.165, 1.54) is 23.0 Å². The molecule has 0 atom stereocenters. The van der Waals surface area contributed by atoms with E-state index in [1.807, 2.05) is 6.07 Å². The van der Waals surface area contributed by atoms with Crippen molar-refractivity contribution in [1.29, 1.82) is 5.26 Å². The topological polar surface area (TPSA) is 91.3 Å². The predicted molar refractivity (Wildman–Crippen MR) is 44.7 cm³/mol. The van der Waals surface area contributed by atoms with Crippen molar-refractivity contribution in [2.75, 3.05) is 0 Å². The number of nitriles is 1. The Morgan fingerprint density at radius 2 is 2.43 bits per heavy atom. The first-order valence-electron chi connectivity index (χ1n) is 3.70. The minimum Gasteiger partial charge on any atom is -0.477 e. The van der Waals surface area contributed by atoms with Crippen molar-refractivity contribution in [1.82, 2.24) is 14.6 Å². The van der Waals surface area contributed by atoms with Crippen molar-refractivity contribution < 1.29 is 9.90 Å². The Bertz CT molecular complexity index is 552. The number of hydrogen-bond donors (Lipinski definition) is 1. The molecule has 6 nitrogen and oxygen atoms in total. The van der Waals surface area contributed by atoms with E-state index >= 15 is 0 Å². The average molecular weight is 188 g/mol. The number of carboxylic acid groups (broad SMARTS) is 1. The number of carbonyl (C=O) groups is 1. The third-order valence-electron chi connectivity index (χ3n) is 1.71. The fourth-order valence-corrected chi connectivity index (χ4v) is 1.08. The van der Waals surface area contributed by atoms with Crippen LogP contribution in [-0.2, 0) is 0 Å². The molecule has 0 fully saturated rings. The summed E-state index contributed by atoms with van der Waals surface area (Å²) in [7, 11) is 0. The average Bonchev–Trinajstić information content (AvgIpc) is 2.59. The maximum absolute atomic E-state index is 10.7. The number of rotatable bonds is 1. The van der Waals surface area contributed by atoms with Gasteiger partial charge in [-0.05, 0) is 6.07 Å². The smallest absolute Gasteiger partial charge is 0.341 e. The van der Waals surface area contributed by atoms with Crippen LogP contribution in [0.1, 0.15) is 16.1 Å². The highest BCUT2D eigenvalue weighted by Gasteiger charge is 2.12. The van der Waals surface area contributed by atoms with Crippen LogP contribution in [0.4, 0.5) is 0 Å². The first-order chi connectivity index (χ1) is 6.72. The van der Waals surface area contributed by atoms with Gasteiger partial charge in [0.25, 0.3) is 0 Å². The van der Waals surface area contributed by atoms with Gasteiger partial charge in [0.2, 0.25) is 0 Å². The van der Waals surface area contributed by atoms with Gasteiger partial charge >= 0.3 is 5.97 Å². The van der Waals surface area contributed by atoms with Crippen LogP contribution in [0.15, 0.2) is 18.5 Å². The van der Waals surface area contributed by atoms with E-state index in [2.05, 4.69) is 10.1 Å². The summed E-state index contributed by atoms with van der Waals surface area (Å²) < 4.78 is 1.31. The zero-order valence-corrected chi connectivity index (χ0v) is 6.88. The Kier molecular flexibility index (Phi) is 1.65. The molecule has 0 bridgehead atoms. The van der Waals surface area contributed by atoms with Gasteiger partial charge < -0.3 is 5.11 Å². The number of aromatic nitrogens is 3. The molecule has 0 radical (unpaired) electrons. The summed E-state index contributed by atoms with van der Waals surface area (Å²) in [5.41, 5.74) is 0.333. The van der Waals surface area contributed by atoms with E-state index in [9.17, 15) is 4.79 Å². The highest BCUT2D eigenvalue weighted by Crippen LogP contribution is 2.07. The lowest BCUT2D eigenvalue weighted by atomic mass is 10.3. The van der Waals surface area contributed by atoms with E-state index in [1.54, 1.807) is 0 Å². The third kappa shape index (κ3) is 1.08. The van der Waals surface area contributed by atoms with Gasteiger partial charge in [-0.2, -0.15) is 10.4 Å². The zero-order valence-electron chi connectivity index (χ0n) is 6.88. The highest BCUT2D eigenvalue weighted by molar-refractivity contribution is 5.94. The fraction of sp³-hybridized carbons (Fsp3) is 0. The second-order valence-electron chi connectivity index (χ2n) is 2.56. The lowest BCUT2D eigenvalue weighted by molar-refractivity contribution is 0.0699. The molecule has 1 N–H and O–H groups in total. The van der Waals surface area contributed by atoms with Crippen LogP contribution in [0.5, 0.6) is 0 Å². The Labute approximate surface area is 78.0 Å². The largest absolute Gasteiger partial charge is 0.477 e. The lowest BCUT2D eigenvalue weighted by Crippen LogP contribution is -1.98. The Balaban J connectivity index is 2.77. The van der Waals surface area contributed by atoms with Crippen molar-refractivity contribution in [2.24, 2.45) is 0 Å². The molecule has 6 heteroatoms. The number of hydrogen-bond acceptors (Lipinski definition) is 4. The molecule has 0 saturated heterocycles. The van der Waals surface area contributed by atoms with E-state index in [4.69, 9.17) is 10.4 Å². The fourth-order valence-electron chi connectivity index (χ4n) is 1.08. The standard InChI is InChI=1S/C8H4N4O2/c9-3-5-1-2-12-7(11-5)6(4-10-12)8(13)14/h1-2,4H,(H,13,14). The summed E-state index contributed by atoms with van der Waals surface area (Å²) in [4.78, 5) is 14.5. The molecule has 0 aliphatic heterocycles. The summed E-state index contributed by atoms with van der Waals surface area (Å²) in [5, 5.41) is 21.1. The zero-order chi connectivity index (χ0) is 10.1. The highest BCUT2D eigenvalue weighted by atomic mass is 16.4. The van der Waals surface area contributed by atoms with Crippen LogP contribution in [0, 0.1) is 11.3 Å². The molecule has 0 aromatic carbocycles. The van der Waals surface area contributed by atoms with Gasteiger partial charge in [-0.1, -0.05) is 0 Å². The molecule has 0 unspecified atom stereocenters. The van der Waals surface area contributed by atoms with Crippen molar-refractivity contribution in [3.8, 4) is 6.07 Å². The number of carboxylic acids is 1. The van der Waals surface area contributed by atoms with Crippen LogP contribution in [0.2, 0.25) is 0 Å².